The van der Waals surface area contributed by atoms with Crippen molar-refractivity contribution in [3.63, 3.8) is 0 Å². The van der Waals surface area contributed by atoms with Crippen LogP contribution in [0.5, 0.6) is 0 Å². The normalized spacial score (nSPS) is 13.4. The van der Waals surface area contributed by atoms with Crippen LogP contribution in [0, 0.1) is 5.92 Å². The molecular formula is C18H24N4O3S. The van der Waals surface area contributed by atoms with Gasteiger partial charge >= 0.3 is 0 Å². The average molecular weight is 376 g/mol. The standard InChI is InChI=1S/C18H24N4O3S/c1-12(2)7-9-19-18(26)21-20-15(23)8-10-22-16(24)11-13-5-3-4-6-14(13)17(22)25/h3-6,12H,7-11H2,1-2H3,(H,20,23)(H2,19,21,26). The minimum atomic E-state index is -0.358. The molecule has 7 nitrogen and oxygen atoms in total. The molecule has 0 saturated carbocycles. The number of imide groups is 1. The zero-order valence-corrected chi connectivity index (χ0v) is 15.8. The van der Waals surface area contributed by atoms with Gasteiger partial charge in [-0.3, -0.25) is 30.1 Å². The smallest absolute Gasteiger partial charge is 0.260 e. The number of hydrogen-bond donors (Lipinski definition) is 3. The summed E-state index contributed by atoms with van der Waals surface area (Å²) in [7, 11) is 0. The predicted octanol–water partition coefficient (Wildman–Crippen LogP) is 1.14. The van der Waals surface area contributed by atoms with Crippen LogP contribution in [0.2, 0.25) is 0 Å². The van der Waals surface area contributed by atoms with Gasteiger partial charge in [0.2, 0.25) is 11.8 Å². The van der Waals surface area contributed by atoms with Crippen LogP contribution < -0.4 is 16.2 Å². The van der Waals surface area contributed by atoms with Gasteiger partial charge in [0, 0.05) is 25.1 Å². The molecule has 0 spiro atoms. The SMILES string of the molecule is CC(C)CCNC(=S)NNC(=O)CCN1C(=O)Cc2ccccc2C1=O. The maximum atomic E-state index is 12.4. The fourth-order valence-corrected chi connectivity index (χ4v) is 2.70. The minimum absolute atomic E-state index is 0.00124. The Morgan fingerprint density at radius 3 is 2.69 bits per heavy atom. The quantitative estimate of drug-likeness (QED) is 0.392. The molecule has 140 valence electrons. The zero-order valence-electron chi connectivity index (χ0n) is 15.0. The van der Waals surface area contributed by atoms with E-state index in [0.29, 0.717) is 16.6 Å². The van der Waals surface area contributed by atoms with Crippen LogP contribution in [0.1, 0.15) is 42.6 Å². The van der Waals surface area contributed by atoms with Crippen LogP contribution in [0.4, 0.5) is 0 Å². The lowest BCUT2D eigenvalue weighted by atomic mass is 9.98. The molecule has 1 aliphatic rings. The van der Waals surface area contributed by atoms with Crippen molar-refractivity contribution < 1.29 is 14.4 Å². The van der Waals surface area contributed by atoms with Crippen LogP contribution in [-0.4, -0.2) is 40.8 Å². The largest absolute Gasteiger partial charge is 0.361 e. The Hall–Kier alpha value is -2.48. The molecule has 8 heteroatoms. The van der Waals surface area contributed by atoms with Crippen molar-refractivity contribution in [2.24, 2.45) is 5.92 Å². The molecule has 0 aromatic heterocycles. The van der Waals surface area contributed by atoms with Gasteiger partial charge in [0.25, 0.3) is 5.91 Å². The Balaban J connectivity index is 1.76. The maximum absolute atomic E-state index is 12.4. The van der Waals surface area contributed by atoms with E-state index in [0.717, 1.165) is 23.4 Å². The first-order valence-electron chi connectivity index (χ1n) is 8.63. The number of rotatable bonds is 6. The van der Waals surface area contributed by atoms with Crippen molar-refractivity contribution in [3.8, 4) is 0 Å². The molecule has 0 aliphatic carbocycles. The van der Waals surface area contributed by atoms with Gasteiger partial charge in [-0.15, -0.1) is 0 Å². The molecule has 0 fully saturated rings. The zero-order chi connectivity index (χ0) is 19.1. The highest BCUT2D eigenvalue weighted by Gasteiger charge is 2.30. The summed E-state index contributed by atoms with van der Waals surface area (Å²) in [6, 6.07) is 7.02. The van der Waals surface area contributed by atoms with Crippen molar-refractivity contribution >= 4 is 35.1 Å². The lowest BCUT2D eigenvalue weighted by Crippen LogP contribution is -2.49. The van der Waals surface area contributed by atoms with E-state index in [2.05, 4.69) is 30.0 Å². The first-order valence-corrected chi connectivity index (χ1v) is 9.04. The molecule has 26 heavy (non-hydrogen) atoms. The second-order valence-electron chi connectivity index (χ2n) is 6.55. The van der Waals surface area contributed by atoms with E-state index >= 15 is 0 Å². The number of hydrogen-bond acceptors (Lipinski definition) is 4. The first-order chi connectivity index (χ1) is 12.4. The third kappa shape index (κ3) is 5.52. The molecule has 0 atom stereocenters. The molecule has 0 bridgehead atoms. The molecule has 0 radical (unpaired) electrons. The molecule has 3 N–H and O–H groups in total. The summed E-state index contributed by atoms with van der Waals surface area (Å²) in [5.74, 6) is -0.439. The molecule has 0 unspecified atom stereocenters. The van der Waals surface area contributed by atoms with Crippen molar-refractivity contribution in [3.05, 3.63) is 35.4 Å². The lowest BCUT2D eigenvalue weighted by molar-refractivity contribution is -0.129. The first kappa shape index (κ1) is 19.8. The van der Waals surface area contributed by atoms with Crippen LogP contribution in [-0.2, 0) is 16.0 Å². The molecular weight excluding hydrogens is 352 g/mol. The monoisotopic (exact) mass is 376 g/mol. The molecule has 3 amide bonds. The van der Waals surface area contributed by atoms with Gasteiger partial charge in [-0.1, -0.05) is 32.0 Å². The van der Waals surface area contributed by atoms with Crippen molar-refractivity contribution in [2.75, 3.05) is 13.1 Å². The molecule has 0 saturated heterocycles. The van der Waals surface area contributed by atoms with Crippen molar-refractivity contribution in [1.29, 1.82) is 0 Å². The van der Waals surface area contributed by atoms with Crippen molar-refractivity contribution in [1.82, 2.24) is 21.1 Å². The summed E-state index contributed by atoms with van der Waals surface area (Å²) in [5.41, 5.74) is 6.32. The second kappa shape index (κ2) is 9.28. The predicted molar refractivity (Wildman–Crippen MR) is 102 cm³/mol. The van der Waals surface area contributed by atoms with E-state index in [4.69, 9.17) is 12.2 Å². The highest BCUT2D eigenvalue weighted by atomic mass is 32.1. The molecule has 1 aromatic rings. The average Bonchev–Trinajstić information content (AvgIpc) is 2.59. The maximum Gasteiger partial charge on any atom is 0.260 e. The number of amides is 3. The van der Waals surface area contributed by atoms with Gasteiger partial charge < -0.3 is 5.32 Å². The Labute approximate surface area is 158 Å². The lowest BCUT2D eigenvalue weighted by Gasteiger charge is -2.26. The van der Waals surface area contributed by atoms with Gasteiger partial charge in [-0.25, -0.2) is 0 Å². The summed E-state index contributed by atoms with van der Waals surface area (Å²) >= 11 is 5.06. The second-order valence-corrected chi connectivity index (χ2v) is 6.95. The number of benzene rings is 1. The van der Waals surface area contributed by atoms with E-state index in [-0.39, 0.29) is 37.1 Å². The summed E-state index contributed by atoms with van der Waals surface area (Å²) < 4.78 is 0. The molecule has 1 heterocycles. The summed E-state index contributed by atoms with van der Waals surface area (Å²) in [6.07, 6.45) is 1.14. The van der Waals surface area contributed by atoms with Gasteiger partial charge in [-0.05, 0) is 36.2 Å². The van der Waals surface area contributed by atoms with Gasteiger partial charge in [0.15, 0.2) is 5.11 Å². The van der Waals surface area contributed by atoms with Crippen LogP contribution in [0.15, 0.2) is 24.3 Å². The summed E-state index contributed by atoms with van der Waals surface area (Å²) in [6.45, 7) is 4.98. The molecule has 1 aromatic carbocycles. The minimum Gasteiger partial charge on any atom is -0.361 e. The number of hydrazine groups is 1. The topological polar surface area (TPSA) is 90.5 Å². The Morgan fingerprint density at radius 2 is 1.96 bits per heavy atom. The Bertz CT molecular complexity index is 705. The van der Waals surface area contributed by atoms with Crippen molar-refractivity contribution in [2.45, 2.75) is 33.1 Å². The Morgan fingerprint density at radius 1 is 1.23 bits per heavy atom. The van der Waals surface area contributed by atoms with Crippen LogP contribution in [0.25, 0.3) is 0 Å². The van der Waals surface area contributed by atoms with Crippen LogP contribution >= 0.6 is 12.2 Å². The Kier molecular flexibility index (Phi) is 7.08. The highest BCUT2D eigenvalue weighted by Crippen LogP contribution is 2.19. The third-order valence-electron chi connectivity index (χ3n) is 4.02. The fraction of sp³-hybridized carbons (Fsp3) is 0.444. The van der Waals surface area contributed by atoms with Gasteiger partial charge in [0.1, 0.15) is 0 Å². The fourth-order valence-electron chi connectivity index (χ4n) is 2.55. The van der Waals surface area contributed by atoms with E-state index in [9.17, 15) is 14.4 Å². The number of carbonyl (C=O) groups is 3. The van der Waals surface area contributed by atoms with Gasteiger partial charge in [-0.2, -0.15) is 0 Å². The van der Waals surface area contributed by atoms with E-state index < -0.39 is 0 Å². The van der Waals surface area contributed by atoms with E-state index in [1.54, 1.807) is 24.3 Å². The van der Waals surface area contributed by atoms with E-state index in [1.165, 1.54) is 0 Å². The summed E-state index contributed by atoms with van der Waals surface area (Å²) in [5, 5.41) is 3.32. The number of fused-ring (bicyclic) bond motifs is 1. The highest BCUT2D eigenvalue weighted by molar-refractivity contribution is 7.80. The third-order valence-corrected chi connectivity index (χ3v) is 4.27. The molecule has 1 aliphatic heterocycles. The van der Waals surface area contributed by atoms with Gasteiger partial charge in [0.05, 0.1) is 6.42 Å². The van der Waals surface area contributed by atoms with E-state index in [1.807, 2.05) is 0 Å². The number of thiocarbonyl (C=S) groups is 1. The number of nitrogens with one attached hydrogen (secondary N) is 3. The number of carbonyl (C=O) groups excluding carboxylic acids is 3. The summed E-state index contributed by atoms with van der Waals surface area (Å²) in [4.78, 5) is 37.6. The molecule has 2 rings (SSSR count). The number of nitrogens with zero attached hydrogens (tertiary/aromatic N) is 1. The van der Waals surface area contributed by atoms with Crippen LogP contribution in [0.3, 0.4) is 0 Å².